The van der Waals surface area contributed by atoms with E-state index >= 15 is 0 Å². The molecule has 1 heterocycles. The zero-order valence-electron chi connectivity index (χ0n) is 11.8. The summed E-state index contributed by atoms with van der Waals surface area (Å²) in [6, 6.07) is 0. The molecule has 0 saturated carbocycles. The highest BCUT2D eigenvalue weighted by Gasteiger charge is 2.19. The molecule has 1 atom stereocenters. The third-order valence-electron chi connectivity index (χ3n) is 2.79. The van der Waals surface area contributed by atoms with Gasteiger partial charge < -0.3 is 15.2 Å². The number of nitrogens with two attached hydrogens (primary N) is 1. The summed E-state index contributed by atoms with van der Waals surface area (Å²) in [5, 5.41) is 8.07. The van der Waals surface area contributed by atoms with Crippen LogP contribution in [0.4, 0.5) is 0 Å². The van der Waals surface area contributed by atoms with Crippen LogP contribution in [0.2, 0.25) is 0 Å². The molecular weight excluding hydrogens is 248 g/mol. The molecule has 7 nitrogen and oxygen atoms in total. The molecule has 1 amide bonds. The Morgan fingerprint density at radius 3 is 2.84 bits per heavy atom. The molecule has 0 aliphatic carbocycles. The maximum Gasteiger partial charge on any atom is 0.223 e. The number of carbonyl (C=O) groups excluding carboxylic acids is 1. The fourth-order valence-electron chi connectivity index (χ4n) is 1.83. The molecule has 0 radical (unpaired) electrons. The number of aryl methyl sites for hydroxylation is 1. The molecule has 0 aromatic carbocycles. The molecule has 0 saturated heterocycles. The fourth-order valence-corrected chi connectivity index (χ4v) is 1.83. The number of primary amides is 1. The SMILES string of the molecule is CCOCCCn1nnc(CC(N)=O)c1C(C)OC. The van der Waals surface area contributed by atoms with Crippen molar-refractivity contribution in [1.82, 2.24) is 15.0 Å². The van der Waals surface area contributed by atoms with Gasteiger partial charge in [0.2, 0.25) is 5.91 Å². The zero-order valence-corrected chi connectivity index (χ0v) is 11.8. The predicted octanol–water partition coefficient (Wildman–Crippen LogP) is 0.440. The van der Waals surface area contributed by atoms with E-state index in [1.54, 1.807) is 11.8 Å². The summed E-state index contributed by atoms with van der Waals surface area (Å²) in [5.41, 5.74) is 6.59. The van der Waals surface area contributed by atoms with Gasteiger partial charge in [-0.05, 0) is 20.3 Å². The van der Waals surface area contributed by atoms with Gasteiger partial charge in [-0.15, -0.1) is 5.10 Å². The average molecular weight is 270 g/mol. The van der Waals surface area contributed by atoms with E-state index in [-0.39, 0.29) is 12.5 Å². The summed E-state index contributed by atoms with van der Waals surface area (Å²) in [7, 11) is 1.61. The van der Waals surface area contributed by atoms with Crippen LogP contribution < -0.4 is 5.73 Å². The lowest BCUT2D eigenvalue weighted by molar-refractivity contribution is -0.117. The standard InChI is InChI=1S/C12H22N4O3/c1-4-19-7-5-6-16-12(9(2)18-3)10(14-15-16)8-11(13)17/h9H,4-8H2,1-3H3,(H2,13,17). The molecule has 1 aromatic rings. The molecule has 2 N–H and O–H groups in total. The molecule has 1 rings (SSSR count). The highest BCUT2D eigenvalue weighted by molar-refractivity contribution is 5.76. The lowest BCUT2D eigenvalue weighted by Crippen LogP contribution is -2.17. The minimum Gasteiger partial charge on any atom is -0.382 e. The lowest BCUT2D eigenvalue weighted by Gasteiger charge is -2.13. The molecule has 0 aliphatic heterocycles. The first kappa shape index (κ1) is 15.6. The van der Waals surface area contributed by atoms with E-state index in [4.69, 9.17) is 15.2 Å². The number of hydrogen-bond donors (Lipinski definition) is 1. The van der Waals surface area contributed by atoms with Crippen molar-refractivity contribution in [3.63, 3.8) is 0 Å². The van der Waals surface area contributed by atoms with Gasteiger partial charge >= 0.3 is 0 Å². The zero-order chi connectivity index (χ0) is 14.3. The van der Waals surface area contributed by atoms with E-state index in [1.165, 1.54) is 0 Å². The highest BCUT2D eigenvalue weighted by atomic mass is 16.5. The largest absolute Gasteiger partial charge is 0.382 e. The molecular formula is C12H22N4O3. The van der Waals surface area contributed by atoms with Crippen molar-refractivity contribution in [1.29, 1.82) is 0 Å². The van der Waals surface area contributed by atoms with Gasteiger partial charge in [-0.1, -0.05) is 5.21 Å². The third kappa shape index (κ3) is 4.60. The monoisotopic (exact) mass is 270 g/mol. The maximum atomic E-state index is 11.0. The summed E-state index contributed by atoms with van der Waals surface area (Å²) in [4.78, 5) is 11.0. The molecule has 0 aliphatic rings. The second kappa shape index (κ2) is 7.85. The van der Waals surface area contributed by atoms with Crippen molar-refractivity contribution >= 4 is 5.91 Å². The lowest BCUT2D eigenvalue weighted by atomic mass is 10.1. The quantitative estimate of drug-likeness (QED) is 0.657. The van der Waals surface area contributed by atoms with Gasteiger partial charge in [0.25, 0.3) is 0 Å². The smallest absolute Gasteiger partial charge is 0.223 e. The summed E-state index contributed by atoms with van der Waals surface area (Å²) in [6.45, 7) is 5.89. The number of hydrogen-bond acceptors (Lipinski definition) is 5. The highest BCUT2D eigenvalue weighted by Crippen LogP contribution is 2.19. The van der Waals surface area contributed by atoms with Crippen LogP contribution in [0.3, 0.4) is 0 Å². The van der Waals surface area contributed by atoms with Crippen LogP contribution in [-0.4, -0.2) is 41.2 Å². The Balaban J connectivity index is 2.78. The van der Waals surface area contributed by atoms with Crippen LogP contribution in [-0.2, 0) is 27.2 Å². The summed E-state index contributed by atoms with van der Waals surface area (Å²) in [6.07, 6.45) is 0.724. The van der Waals surface area contributed by atoms with E-state index in [1.807, 2.05) is 13.8 Å². The number of aromatic nitrogens is 3. The number of ether oxygens (including phenoxy) is 2. The maximum absolute atomic E-state index is 11.0. The van der Waals surface area contributed by atoms with Crippen molar-refractivity contribution < 1.29 is 14.3 Å². The van der Waals surface area contributed by atoms with Crippen molar-refractivity contribution in [3.05, 3.63) is 11.4 Å². The van der Waals surface area contributed by atoms with Gasteiger partial charge in [-0.3, -0.25) is 4.79 Å². The Kier molecular flexibility index (Phi) is 6.44. The van der Waals surface area contributed by atoms with E-state index in [0.717, 1.165) is 12.1 Å². The van der Waals surface area contributed by atoms with E-state index in [2.05, 4.69) is 10.3 Å². The second-order valence-electron chi connectivity index (χ2n) is 4.22. The predicted molar refractivity (Wildman–Crippen MR) is 69.5 cm³/mol. The van der Waals surface area contributed by atoms with Gasteiger partial charge in [0.1, 0.15) is 0 Å². The Morgan fingerprint density at radius 2 is 2.26 bits per heavy atom. The number of amides is 1. The first-order chi connectivity index (χ1) is 9.10. The van der Waals surface area contributed by atoms with Crippen LogP contribution in [0.15, 0.2) is 0 Å². The van der Waals surface area contributed by atoms with Crippen molar-refractivity contribution in [3.8, 4) is 0 Å². The van der Waals surface area contributed by atoms with E-state index < -0.39 is 5.91 Å². The van der Waals surface area contributed by atoms with Crippen LogP contribution in [0.1, 0.15) is 37.8 Å². The van der Waals surface area contributed by atoms with E-state index in [0.29, 0.717) is 25.5 Å². The van der Waals surface area contributed by atoms with Crippen LogP contribution >= 0.6 is 0 Å². The third-order valence-corrected chi connectivity index (χ3v) is 2.79. The van der Waals surface area contributed by atoms with Crippen LogP contribution in [0.25, 0.3) is 0 Å². The number of carbonyl (C=O) groups is 1. The van der Waals surface area contributed by atoms with Crippen molar-refractivity contribution in [2.75, 3.05) is 20.3 Å². The van der Waals surface area contributed by atoms with Crippen molar-refractivity contribution in [2.24, 2.45) is 5.73 Å². The minimum absolute atomic E-state index is 0.0779. The summed E-state index contributed by atoms with van der Waals surface area (Å²) < 4.78 is 12.3. The minimum atomic E-state index is -0.425. The first-order valence-electron chi connectivity index (χ1n) is 6.41. The normalized spacial score (nSPS) is 12.6. The number of nitrogens with zero attached hydrogens (tertiary/aromatic N) is 3. The van der Waals surface area contributed by atoms with Crippen LogP contribution in [0.5, 0.6) is 0 Å². The molecule has 0 bridgehead atoms. The molecule has 0 spiro atoms. The summed E-state index contributed by atoms with van der Waals surface area (Å²) in [5.74, 6) is -0.425. The number of methoxy groups -OCH3 is 1. The van der Waals surface area contributed by atoms with E-state index in [9.17, 15) is 4.79 Å². The molecule has 0 fully saturated rings. The second-order valence-corrected chi connectivity index (χ2v) is 4.22. The first-order valence-corrected chi connectivity index (χ1v) is 6.41. The Labute approximate surface area is 113 Å². The number of rotatable bonds is 9. The summed E-state index contributed by atoms with van der Waals surface area (Å²) >= 11 is 0. The van der Waals surface area contributed by atoms with Gasteiger partial charge in [0.05, 0.1) is 23.9 Å². The topological polar surface area (TPSA) is 92.3 Å². The Morgan fingerprint density at radius 1 is 1.53 bits per heavy atom. The van der Waals surface area contributed by atoms with Crippen LogP contribution in [0, 0.1) is 0 Å². The molecule has 1 aromatic heterocycles. The Hall–Kier alpha value is -1.47. The van der Waals surface area contributed by atoms with Crippen molar-refractivity contribution in [2.45, 2.75) is 39.3 Å². The fraction of sp³-hybridized carbons (Fsp3) is 0.750. The van der Waals surface area contributed by atoms with Gasteiger partial charge in [-0.2, -0.15) is 0 Å². The molecule has 7 heteroatoms. The molecule has 19 heavy (non-hydrogen) atoms. The molecule has 108 valence electrons. The average Bonchev–Trinajstić information content (AvgIpc) is 2.76. The Bertz CT molecular complexity index is 406. The molecule has 1 unspecified atom stereocenters. The van der Waals surface area contributed by atoms with Gasteiger partial charge in [0.15, 0.2) is 0 Å². The van der Waals surface area contributed by atoms with Gasteiger partial charge in [0, 0.05) is 26.9 Å². The van der Waals surface area contributed by atoms with Gasteiger partial charge in [-0.25, -0.2) is 4.68 Å².